The van der Waals surface area contributed by atoms with Crippen molar-refractivity contribution in [2.45, 2.75) is 26.7 Å². The number of ether oxygens (including phenoxy) is 2. The predicted octanol–water partition coefficient (Wildman–Crippen LogP) is 5.92. The number of amidine groups is 1. The van der Waals surface area contributed by atoms with E-state index >= 15 is 0 Å². The van der Waals surface area contributed by atoms with Crippen molar-refractivity contribution < 1.29 is 9.47 Å². The van der Waals surface area contributed by atoms with Gasteiger partial charge in [0.15, 0.2) is 11.5 Å². The molecule has 1 N–H and O–H groups in total. The summed E-state index contributed by atoms with van der Waals surface area (Å²) in [6.45, 7) is 5.43. The standard InChI is InChI=1S/C23H24N2O2/c1-3-5-14-27-20-13-12-17(15-21(20)26-4-2)23-24-18-10-6-8-16-9-7-11-19(25-23)22(16)18/h6-13,15H,3-5,14H2,1-2H3,(H,24,25). The quantitative estimate of drug-likeness (QED) is 0.532. The minimum Gasteiger partial charge on any atom is -0.490 e. The average Bonchev–Trinajstić information content (AvgIpc) is 2.70. The number of nitrogens with zero attached hydrogens (tertiary/aromatic N) is 1. The van der Waals surface area contributed by atoms with E-state index in [0.717, 1.165) is 52.5 Å². The fraction of sp³-hybridized carbons (Fsp3) is 0.261. The third kappa shape index (κ3) is 3.47. The van der Waals surface area contributed by atoms with E-state index in [-0.39, 0.29) is 0 Å². The van der Waals surface area contributed by atoms with Crippen LogP contribution in [0.3, 0.4) is 0 Å². The molecule has 0 unspecified atom stereocenters. The van der Waals surface area contributed by atoms with Gasteiger partial charge in [0.2, 0.25) is 0 Å². The minimum atomic E-state index is 0.593. The van der Waals surface area contributed by atoms with Gasteiger partial charge in [-0.2, -0.15) is 0 Å². The number of rotatable bonds is 7. The van der Waals surface area contributed by atoms with Crippen molar-refractivity contribution in [3.05, 3.63) is 60.2 Å². The summed E-state index contributed by atoms with van der Waals surface area (Å²) in [5.41, 5.74) is 3.04. The van der Waals surface area contributed by atoms with Crippen LogP contribution in [0.25, 0.3) is 10.8 Å². The summed E-state index contributed by atoms with van der Waals surface area (Å²) in [5, 5.41) is 5.82. The Balaban J connectivity index is 1.70. The van der Waals surface area contributed by atoms with Gasteiger partial charge in [-0.1, -0.05) is 37.6 Å². The van der Waals surface area contributed by atoms with Crippen molar-refractivity contribution in [2.75, 3.05) is 18.5 Å². The number of anilines is 1. The number of benzene rings is 3. The van der Waals surface area contributed by atoms with Gasteiger partial charge in [0.1, 0.15) is 5.84 Å². The van der Waals surface area contributed by atoms with E-state index < -0.39 is 0 Å². The average molecular weight is 360 g/mol. The van der Waals surface area contributed by atoms with Crippen molar-refractivity contribution in [2.24, 2.45) is 4.99 Å². The van der Waals surface area contributed by atoms with Crippen molar-refractivity contribution in [1.29, 1.82) is 0 Å². The maximum Gasteiger partial charge on any atom is 0.161 e. The van der Waals surface area contributed by atoms with E-state index in [4.69, 9.17) is 14.5 Å². The fourth-order valence-electron chi connectivity index (χ4n) is 3.30. The summed E-state index contributed by atoms with van der Waals surface area (Å²) < 4.78 is 11.7. The van der Waals surface area contributed by atoms with E-state index in [9.17, 15) is 0 Å². The molecule has 3 aromatic rings. The molecule has 27 heavy (non-hydrogen) atoms. The topological polar surface area (TPSA) is 42.8 Å². The maximum absolute atomic E-state index is 5.89. The molecule has 4 heteroatoms. The number of nitrogens with one attached hydrogen (secondary N) is 1. The van der Waals surface area contributed by atoms with E-state index in [1.807, 2.05) is 31.2 Å². The molecule has 4 rings (SSSR count). The van der Waals surface area contributed by atoms with Crippen molar-refractivity contribution in [3.8, 4) is 11.5 Å². The molecule has 0 atom stereocenters. The van der Waals surface area contributed by atoms with Crippen LogP contribution < -0.4 is 14.8 Å². The molecular formula is C23H24N2O2. The third-order valence-electron chi connectivity index (χ3n) is 4.64. The first-order valence-electron chi connectivity index (χ1n) is 9.57. The molecule has 1 aliphatic heterocycles. The van der Waals surface area contributed by atoms with Gasteiger partial charge in [-0.15, -0.1) is 0 Å². The second-order valence-corrected chi connectivity index (χ2v) is 6.56. The number of hydrogen-bond donors (Lipinski definition) is 1. The summed E-state index contributed by atoms with van der Waals surface area (Å²) >= 11 is 0. The molecule has 0 radical (unpaired) electrons. The molecule has 4 nitrogen and oxygen atoms in total. The Labute approximate surface area is 159 Å². The molecule has 1 heterocycles. The van der Waals surface area contributed by atoms with Gasteiger partial charge in [0.05, 0.1) is 18.9 Å². The lowest BCUT2D eigenvalue weighted by Gasteiger charge is -2.20. The summed E-state index contributed by atoms with van der Waals surface area (Å²) in [6.07, 6.45) is 2.14. The van der Waals surface area contributed by atoms with Gasteiger partial charge in [0.25, 0.3) is 0 Å². The molecule has 0 spiro atoms. The molecule has 0 aromatic heterocycles. The lowest BCUT2D eigenvalue weighted by atomic mass is 10.0. The highest BCUT2D eigenvalue weighted by atomic mass is 16.5. The fourth-order valence-corrected chi connectivity index (χ4v) is 3.30. The van der Waals surface area contributed by atoms with Crippen molar-refractivity contribution in [3.63, 3.8) is 0 Å². The highest BCUT2D eigenvalue weighted by Crippen LogP contribution is 2.37. The summed E-state index contributed by atoms with van der Waals surface area (Å²) in [6, 6.07) is 18.5. The summed E-state index contributed by atoms with van der Waals surface area (Å²) in [5.74, 6) is 2.36. The van der Waals surface area contributed by atoms with Crippen LogP contribution >= 0.6 is 0 Å². The Bertz CT molecular complexity index is 990. The zero-order valence-electron chi connectivity index (χ0n) is 15.8. The molecule has 0 amide bonds. The predicted molar refractivity (Wildman–Crippen MR) is 112 cm³/mol. The molecule has 0 saturated heterocycles. The minimum absolute atomic E-state index is 0.593. The number of hydrogen-bond acceptors (Lipinski definition) is 4. The molecule has 0 aliphatic carbocycles. The Kier molecular flexibility index (Phi) is 4.97. The van der Waals surface area contributed by atoms with E-state index in [0.29, 0.717) is 13.2 Å². The van der Waals surface area contributed by atoms with Crippen LogP contribution in [-0.4, -0.2) is 19.0 Å². The highest BCUT2D eigenvalue weighted by molar-refractivity contribution is 6.19. The Morgan fingerprint density at radius 3 is 2.59 bits per heavy atom. The van der Waals surface area contributed by atoms with Crippen LogP contribution in [0, 0.1) is 0 Å². The molecular weight excluding hydrogens is 336 g/mol. The van der Waals surface area contributed by atoms with Crippen LogP contribution in [0.5, 0.6) is 11.5 Å². The van der Waals surface area contributed by atoms with Gasteiger partial charge in [-0.05, 0) is 49.1 Å². The van der Waals surface area contributed by atoms with Gasteiger partial charge in [0, 0.05) is 16.6 Å². The lowest BCUT2D eigenvalue weighted by molar-refractivity contribution is 0.272. The maximum atomic E-state index is 5.89. The first-order valence-corrected chi connectivity index (χ1v) is 9.57. The van der Waals surface area contributed by atoms with Gasteiger partial charge in [-0.25, -0.2) is 4.99 Å². The van der Waals surface area contributed by atoms with Crippen LogP contribution in [0.2, 0.25) is 0 Å². The Morgan fingerprint density at radius 1 is 0.926 bits per heavy atom. The first kappa shape index (κ1) is 17.4. The van der Waals surface area contributed by atoms with E-state index in [1.165, 1.54) is 5.39 Å². The Hall–Kier alpha value is -3.01. The van der Waals surface area contributed by atoms with Gasteiger partial charge >= 0.3 is 0 Å². The van der Waals surface area contributed by atoms with Gasteiger partial charge < -0.3 is 14.8 Å². The highest BCUT2D eigenvalue weighted by Gasteiger charge is 2.17. The summed E-state index contributed by atoms with van der Waals surface area (Å²) in [7, 11) is 0. The molecule has 0 fully saturated rings. The summed E-state index contributed by atoms with van der Waals surface area (Å²) in [4.78, 5) is 4.85. The van der Waals surface area contributed by atoms with Gasteiger partial charge in [-0.3, -0.25) is 0 Å². The zero-order valence-corrected chi connectivity index (χ0v) is 15.8. The molecule has 138 valence electrons. The molecule has 3 aromatic carbocycles. The molecule has 1 aliphatic rings. The largest absolute Gasteiger partial charge is 0.490 e. The second kappa shape index (κ2) is 7.70. The molecule has 0 bridgehead atoms. The van der Waals surface area contributed by atoms with E-state index in [2.05, 4.69) is 42.6 Å². The van der Waals surface area contributed by atoms with Crippen LogP contribution in [0.4, 0.5) is 11.4 Å². The smallest absolute Gasteiger partial charge is 0.161 e. The lowest BCUT2D eigenvalue weighted by Crippen LogP contribution is -2.16. The van der Waals surface area contributed by atoms with Crippen molar-refractivity contribution >= 4 is 28.0 Å². The van der Waals surface area contributed by atoms with Crippen LogP contribution in [0.1, 0.15) is 32.3 Å². The molecule has 0 saturated carbocycles. The zero-order chi connectivity index (χ0) is 18.6. The normalized spacial score (nSPS) is 12.4. The van der Waals surface area contributed by atoms with Crippen LogP contribution in [0.15, 0.2) is 59.6 Å². The third-order valence-corrected chi connectivity index (χ3v) is 4.64. The van der Waals surface area contributed by atoms with Crippen LogP contribution in [-0.2, 0) is 0 Å². The number of unbranched alkanes of at least 4 members (excludes halogenated alkanes) is 1. The Morgan fingerprint density at radius 2 is 1.78 bits per heavy atom. The van der Waals surface area contributed by atoms with E-state index in [1.54, 1.807) is 0 Å². The SMILES string of the molecule is CCCCOc1ccc(C2=Nc3cccc4cccc(c34)N2)cc1OCC. The van der Waals surface area contributed by atoms with Crippen molar-refractivity contribution in [1.82, 2.24) is 0 Å². The first-order chi connectivity index (χ1) is 13.3. The second-order valence-electron chi connectivity index (χ2n) is 6.56. The number of aliphatic imine (C=N–C) groups is 1. The monoisotopic (exact) mass is 360 g/mol.